The van der Waals surface area contributed by atoms with Crippen molar-refractivity contribution in [1.82, 2.24) is 10.2 Å². The normalized spacial score (nSPS) is 12.2. The molecular formula is C29H33Cl2N3O4S. The van der Waals surface area contributed by atoms with Gasteiger partial charge in [-0.15, -0.1) is 0 Å². The van der Waals surface area contributed by atoms with Crippen LogP contribution in [-0.2, 0) is 26.2 Å². The zero-order valence-corrected chi connectivity index (χ0v) is 24.5. The number of carbonyl (C=O) groups is 2. The number of anilines is 1. The van der Waals surface area contributed by atoms with E-state index in [0.717, 1.165) is 9.87 Å². The lowest BCUT2D eigenvalue weighted by molar-refractivity contribution is -0.140. The van der Waals surface area contributed by atoms with Crippen molar-refractivity contribution in [2.75, 3.05) is 17.4 Å². The van der Waals surface area contributed by atoms with Crippen LogP contribution < -0.4 is 9.62 Å². The maximum absolute atomic E-state index is 14.0. The standard InChI is InChI=1S/C29H33Cl2N3O4S/c1-4-26(29(36)32-18-21(2)3)33(19-22-11-7-5-8-12-22)28(35)20-34(27-17-23(30)15-16-25(27)31)39(37,38)24-13-9-6-10-14-24/h5-17,21,26H,4,18-20H2,1-3H3,(H,32,36)/t26-/m0/s1. The number of carbonyl (C=O) groups excluding carboxylic acids is 2. The molecule has 0 unspecified atom stereocenters. The molecule has 0 spiro atoms. The maximum atomic E-state index is 14.0. The van der Waals surface area contributed by atoms with E-state index in [4.69, 9.17) is 23.2 Å². The summed E-state index contributed by atoms with van der Waals surface area (Å²) in [6.07, 6.45) is 0.339. The van der Waals surface area contributed by atoms with Gasteiger partial charge in [-0.2, -0.15) is 0 Å². The van der Waals surface area contributed by atoms with Crippen LogP contribution in [-0.4, -0.2) is 44.3 Å². The lowest BCUT2D eigenvalue weighted by Gasteiger charge is -2.33. The molecule has 0 bridgehead atoms. The van der Waals surface area contributed by atoms with Gasteiger partial charge in [-0.1, -0.05) is 92.5 Å². The van der Waals surface area contributed by atoms with E-state index in [1.807, 2.05) is 51.1 Å². The highest BCUT2D eigenvalue weighted by Crippen LogP contribution is 2.33. The Hall–Kier alpha value is -3.07. The van der Waals surface area contributed by atoms with E-state index >= 15 is 0 Å². The Labute approximate surface area is 240 Å². The van der Waals surface area contributed by atoms with Crippen molar-refractivity contribution in [3.8, 4) is 0 Å². The van der Waals surface area contributed by atoms with Crippen molar-refractivity contribution >= 4 is 50.7 Å². The Morgan fingerprint density at radius 2 is 1.54 bits per heavy atom. The van der Waals surface area contributed by atoms with Gasteiger partial charge in [-0.05, 0) is 48.2 Å². The summed E-state index contributed by atoms with van der Waals surface area (Å²) >= 11 is 12.6. The van der Waals surface area contributed by atoms with E-state index in [1.165, 1.54) is 35.2 Å². The van der Waals surface area contributed by atoms with Crippen molar-refractivity contribution in [2.24, 2.45) is 5.92 Å². The molecular weight excluding hydrogens is 557 g/mol. The highest BCUT2D eigenvalue weighted by Gasteiger charge is 2.34. The summed E-state index contributed by atoms with van der Waals surface area (Å²) in [4.78, 5) is 28.6. The lowest BCUT2D eigenvalue weighted by Crippen LogP contribution is -2.52. The van der Waals surface area contributed by atoms with Crippen molar-refractivity contribution in [3.63, 3.8) is 0 Å². The van der Waals surface area contributed by atoms with Crippen LogP contribution in [0, 0.1) is 5.92 Å². The summed E-state index contributed by atoms with van der Waals surface area (Å²) in [5.41, 5.74) is 0.873. The molecule has 39 heavy (non-hydrogen) atoms. The van der Waals surface area contributed by atoms with Gasteiger partial charge in [0.05, 0.1) is 15.6 Å². The molecule has 0 saturated heterocycles. The summed E-state index contributed by atoms with van der Waals surface area (Å²) in [6, 6.07) is 20.6. The van der Waals surface area contributed by atoms with E-state index in [9.17, 15) is 18.0 Å². The molecule has 0 heterocycles. The summed E-state index contributed by atoms with van der Waals surface area (Å²) in [6.45, 7) is 5.77. The fourth-order valence-electron chi connectivity index (χ4n) is 4.03. The summed E-state index contributed by atoms with van der Waals surface area (Å²) in [7, 11) is -4.23. The second-order valence-electron chi connectivity index (χ2n) is 9.49. The van der Waals surface area contributed by atoms with E-state index in [2.05, 4.69) is 5.32 Å². The fourth-order valence-corrected chi connectivity index (χ4v) is 5.91. The first-order valence-corrected chi connectivity index (χ1v) is 14.9. The van der Waals surface area contributed by atoms with Gasteiger partial charge in [0.15, 0.2) is 0 Å². The number of hydrogen-bond donors (Lipinski definition) is 1. The monoisotopic (exact) mass is 589 g/mol. The molecule has 208 valence electrons. The number of hydrogen-bond acceptors (Lipinski definition) is 4. The topological polar surface area (TPSA) is 86.8 Å². The third-order valence-corrected chi connectivity index (χ3v) is 8.38. The zero-order valence-electron chi connectivity index (χ0n) is 22.2. The zero-order chi connectivity index (χ0) is 28.6. The minimum atomic E-state index is -4.23. The average Bonchev–Trinajstić information content (AvgIpc) is 2.92. The smallest absolute Gasteiger partial charge is 0.264 e. The molecule has 0 aliphatic heterocycles. The molecule has 0 fully saturated rings. The number of rotatable bonds is 12. The predicted molar refractivity (Wildman–Crippen MR) is 156 cm³/mol. The predicted octanol–water partition coefficient (Wildman–Crippen LogP) is 5.77. The molecule has 1 N–H and O–H groups in total. The highest BCUT2D eigenvalue weighted by molar-refractivity contribution is 7.92. The molecule has 0 aromatic heterocycles. The first-order chi connectivity index (χ1) is 18.5. The highest BCUT2D eigenvalue weighted by atomic mass is 35.5. The van der Waals surface area contributed by atoms with Crippen LogP contribution in [0.1, 0.15) is 32.8 Å². The van der Waals surface area contributed by atoms with Crippen molar-refractivity contribution < 1.29 is 18.0 Å². The average molecular weight is 591 g/mol. The third-order valence-electron chi connectivity index (χ3n) is 6.05. The molecule has 3 rings (SSSR count). The molecule has 10 heteroatoms. The lowest BCUT2D eigenvalue weighted by atomic mass is 10.1. The van der Waals surface area contributed by atoms with Crippen molar-refractivity contribution in [3.05, 3.63) is 94.5 Å². The Balaban J connectivity index is 2.06. The Morgan fingerprint density at radius 3 is 2.13 bits per heavy atom. The van der Waals surface area contributed by atoms with E-state index in [1.54, 1.807) is 18.2 Å². The van der Waals surface area contributed by atoms with Crippen LogP contribution in [0.5, 0.6) is 0 Å². The molecule has 0 aliphatic carbocycles. The molecule has 0 radical (unpaired) electrons. The number of sulfonamides is 1. The van der Waals surface area contributed by atoms with Gasteiger partial charge < -0.3 is 10.2 Å². The molecule has 3 aromatic rings. The van der Waals surface area contributed by atoms with Gasteiger partial charge in [0.2, 0.25) is 11.8 Å². The second-order valence-corrected chi connectivity index (χ2v) is 12.2. The first-order valence-electron chi connectivity index (χ1n) is 12.7. The Morgan fingerprint density at radius 1 is 0.923 bits per heavy atom. The Kier molecular flexibility index (Phi) is 10.8. The first kappa shape index (κ1) is 30.5. The van der Waals surface area contributed by atoms with Crippen LogP contribution in [0.3, 0.4) is 0 Å². The van der Waals surface area contributed by atoms with Crippen LogP contribution >= 0.6 is 23.2 Å². The molecule has 3 aromatic carbocycles. The number of halogens is 2. The van der Waals surface area contributed by atoms with E-state index in [0.29, 0.717) is 13.0 Å². The van der Waals surface area contributed by atoms with Crippen molar-refractivity contribution in [2.45, 2.75) is 44.7 Å². The summed E-state index contributed by atoms with van der Waals surface area (Å²) in [5.74, 6) is -0.629. The molecule has 0 aliphatic rings. The van der Waals surface area contributed by atoms with E-state index < -0.39 is 28.5 Å². The number of nitrogens with one attached hydrogen (secondary N) is 1. The maximum Gasteiger partial charge on any atom is 0.264 e. The molecule has 0 saturated carbocycles. The SMILES string of the molecule is CC[C@@H](C(=O)NCC(C)C)N(Cc1ccccc1)C(=O)CN(c1cc(Cl)ccc1Cl)S(=O)(=O)c1ccccc1. The van der Waals surface area contributed by atoms with Gasteiger partial charge in [0.25, 0.3) is 10.0 Å². The fraction of sp³-hybridized carbons (Fsp3) is 0.310. The van der Waals surface area contributed by atoms with Crippen LogP contribution in [0.4, 0.5) is 5.69 Å². The van der Waals surface area contributed by atoms with Gasteiger partial charge in [0, 0.05) is 18.1 Å². The van der Waals surface area contributed by atoms with Crippen LogP contribution in [0.25, 0.3) is 0 Å². The largest absolute Gasteiger partial charge is 0.354 e. The van der Waals surface area contributed by atoms with E-state index in [-0.39, 0.29) is 39.0 Å². The van der Waals surface area contributed by atoms with Crippen molar-refractivity contribution in [1.29, 1.82) is 0 Å². The number of nitrogens with zero attached hydrogens (tertiary/aromatic N) is 2. The van der Waals surface area contributed by atoms with Gasteiger partial charge in [-0.3, -0.25) is 13.9 Å². The molecule has 7 nitrogen and oxygen atoms in total. The Bertz CT molecular complexity index is 1370. The minimum Gasteiger partial charge on any atom is -0.354 e. The van der Waals surface area contributed by atoms with Gasteiger partial charge in [0.1, 0.15) is 12.6 Å². The number of benzene rings is 3. The third kappa shape index (κ3) is 7.97. The molecule has 2 amide bonds. The van der Waals surface area contributed by atoms with Crippen LogP contribution in [0.2, 0.25) is 10.0 Å². The second kappa shape index (κ2) is 13.8. The number of amides is 2. The summed E-state index contributed by atoms with van der Waals surface area (Å²) < 4.78 is 28.6. The van der Waals surface area contributed by atoms with Gasteiger partial charge >= 0.3 is 0 Å². The minimum absolute atomic E-state index is 0.00910. The van der Waals surface area contributed by atoms with Crippen LogP contribution in [0.15, 0.2) is 83.8 Å². The quantitative estimate of drug-likeness (QED) is 0.290. The molecule has 1 atom stereocenters. The van der Waals surface area contributed by atoms with Gasteiger partial charge in [-0.25, -0.2) is 8.42 Å². The summed E-state index contributed by atoms with van der Waals surface area (Å²) in [5, 5.41) is 3.28.